The van der Waals surface area contributed by atoms with Crippen molar-refractivity contribution in [1.82, 2.24) is 9.97 Å². The monoisotopic (exact) mass is 232 g/mol. The molecule has 1 heterocycles. The zero-order valence-corrected chi connectivity index (χ0v) is 9.47. The Hall–Kier alpha value is -1.81. The maximum atomic E-state index is 12.9. The first kappa shape index (κ1) is 11.7. The highest BCUT2D eigenvalue weighted by atomic mass is 19.1. The van der Waals surface area contributed by atoms with E-state index in [9.17, 15) is 9.50 Å². The lowest BCUT2D eigenvalue weighted by Gasteiger charge is -2.11. The molecule has 88 valence electrons. The third kappa shape index (κ3) is 2.85. The van der Waals surface area contributed by atoms with Gasteiger partial charge in [-0.15, -0.1) is 0 Å². The molecule has 0 radical (unpaired) electrons. The van der Waals surface area contributed by atoms with Gasteiger partial charge in [0.05, 0.1) is 11.9 Å². The van der Waals surface area contributed by atoms with Crippen molar-refractivity contribution in [2.24, 2.45) is 0 Å². The SMILES string of the molecule is Cc1cc(F)ccc1CC(O)c1cnccn1. The molecule has 0 fully saturated rings. The van der Waals surface area contributed by atoms with E-state index in [4.69, 9.17) is 0 Å². The van der Waals surface area contributed by atoms with E-state index in [0.717, 1.165) is 11.1 Å². The van der Waals surface area contributed by atoms with E-state index in [2.05, 4.69) is 9.97 Å². The van der Waals surface area contributed by atoms with Crippen LogP contribution in [0.25, 0.3) is 0 Å². The van der Waals surface area contributed by atoms with Crippen LogP contribution in [-0.2, 0) is 6.42 Å². The Labute approximate surface area is 99.0 Å². The molecule has 3 nitrogen and oxygen atoms in total. The Morgan fingerprint density at radius 3 is 2.82 bits per heavy atom. The average molecular weight is 232 g/mol. The first-order valence-corrected chi connectivity index (χ1v) is 5.36. The maximum absolute atomic E-state index is 12.9. The Morgan fingerprint density at radius 2 is 2.18 bits per heavy atom. The van der Waals surface area contributed by atoms with Crippen LogP contribution in [-0.4, -0.2) is 15.1 Å². The van der Waals surface area contributed by atoms with E-state index >= 15 is 0 Å². The zero-order valence-electron chi connectivity index (χ0n) is 9.47. The molecular formula is C13H13FN2O. The minimum atomic E-state index is -0.715. The molecule has 0 saturated heterocycles. The molecule has 2 rings (SSSR count). The van der Waals surface area contributed by atoms with Gasteiger partial charge >= 0.3 is 0 Å². The fourth-order valence-corrected chi connectivity index (χ4v) is 1.68. The molecule has 0 aliphatic rings. The predicted molar refractivity (Wildman–Crippen MR) is 61.8 cm³/mol. The molecule has 1 aromatic heterocycles. The van der Waals surface area contributed by atoms with Gasteiger partial charge in [0, 0.05) is 18.8 Å². The molecule has 0 saturated carbocycles. The van der Waals surface area contributed by atoms with Crippen LogP contribution in [0.5, 0.6) is 0 Å². The van der Waals surface area contributed by atoms with Gasteiger partial charge in [0.1, 0.15) is 11.9 Å². The molecule has 1 aromatic carbocycles. The van der Waals surface area contributed by atoms with Crippen molar-refractivity contribution in [3.05, 3.63) is 59.4 Å². The number of hydrogen-bond acceptors (Lipinski definition) is 3. The highest BCUT2D eigenvalue weighted by Crippen LogP contribution is 2.18. The number of rotatable bonds is 3. The van der Waals surface area contributed by atoms with Crippen molar-refractivity contribution >= 4 is 0 Å². The highest BCUT2D eigenvalue weighted by molar-refractivity contribution is 5.27. The number of halogens is 1. The molecule has 1 atom stereocenters. The third-order valence-corrected chi connectivity index (χ3v) is 2.64. The number of hydrogen-bond donors (Lipinski definition) is 1. The standard InChI is InChI=1S/C13H13FN2O/c1-9-6-11(14)3-2-10(9)7-13(17)12-8-15-4-5-16-12/h2-6,8,13,17H,7H2,1H3. The molecule has 0 bridgehead atoms. The summed E-state index contributed by atoms with van der Waals surface area (Å²) < 4.78 is 12.9. The average Bonchev–Trinajstić information content (AvgIpc) is 2.34. The topological polar surface area (TPSA) is 46.0 Å². The summed E-state index contributed by atoms with van der Waals surface area (Å²) in [6.45, 7) is 1.82. The maximum Gasteiger partial charge on any atom is 0.123 e. The smallest absolute Gasteiger partial charge is 0.123 e. The minimum Gasteiger partial charge on any atom is -0.386 e. The van der Waals surface area contributed by atoms with E-state index in [1.165, 1.54) is 24.5 Å². The van der Waals surface area contributed by atoms with Gasteiger partial charge in [-0.05, 0) is 30.2 Å². The van der Waals surface area contributed by atoms with Crippen molar-refractivity contribution in [1.29, 1.82) is 0 Å². The Bertz CT molecular complexity index is 502. The summed E-state index contributed by atoms with van der Waals surface area (Å²) in [5.74, 6) is -0.264. The fourth-order valence-electron chi connectivity index (χ4n) is 1.68. The zero-order chi connectivity index (χ0) is 12.3. The Morgan fingerprint density at radius 1 is 1.35 bits per heavy atom. The van der Waals surface area contributed by atoms with Gasteiger partial charge in [-0.1, -0.05) is 6.07 Å². The van der Waals surface area contributed by atoms with Gasteiger partial charge in [-0.3, -0.25) is 9.97 Å². The predicted octanol–water partition coefficient (Wildman–Crippen LogP) is 2.20. The number of aromatic nitrogens is 2. The molecule has 0 aliphatic heterocycles. The number of aliphatic hydroxyl groups is 1. The summed E-state index contributed by atoms with van der Waals surface area (Å²) >= 11 is 0. The number of aliphatic hydroxyl groups excluding tert-OH is 1. The lowest BCUT2D eigenvalue weighted by molar-refractivity contribution is 0.173. The first-order chi connectivity index (χ1) is 8.16. The van der Waals surface area contributed by atoms with Gasteiger partial charge in [0.2, 0.25) is 0 Å². The van der Waals surface area contributed by atoms with Crippen LogP contribution in [0, 0.1) is 12.7 Å². The molecule has 4 heteroatoms. The van der Waals surface area contributed by atoms with Crippen molar-refractivity contribution in [2.75, 3.05) is 0 Å². The fraction of sp³-hybridized carbons (Fsp3) is 0.231. The summed E-state index contributed by atoms with van der Waals surface area (Å²) in [6, 6.07) is 4.54. The number of aryl methyl sites for hydroxylation is 1. The van der Waals surface area contributed by atoms with Crippen LogP contribution in [0.15, 0.2) is 36.8 Å². The van der Waals surface area contributed by atoms with E-state index in [0.29, 0.717) is 12.1 Å². The quantitative estimate of drug-likeness (QED) is 0.882. The van der Waals surface area contributed by atoms with Gasteiger partial charge < -0.3 is 5.11 Å². The van der Waals surface area contributed by atoms with Crippen LogP contribution < -0.4 is 0 Å². The Kier molecular flexibility index (Phi) is 3.44. The van der Waals surface area contributed by atoms with Crippen molar-refractivity contribution in [2.45, 2.75) is 19.4 Å². The normalized spacial score (nSPS) is 12.4. The summed E-state index contributed by atoms with van der Waals surface area (Å²) in [7, 11) is 0. The molecular weight excluding hydrogens is 219 g/mol. The largest absolute Gasteiger partial charge is 0.386 e. The van der Waals surface area contributed by atoms with Gasteiger partial charge in [-0.25, -0.2) is 4.39 Å². The number of nitrogens with zero attached hydrogens (tertiary/aromatic N) is 2. The molecule has 2 aromatic rings. The lowest BCUT2D eigenvalue weighted by atomic mass is 10.0. The first-order valence-electron chi connectivity index (χ1n) is 5.36. The van der Waals surface area contributed by atoms with Crippen LogP contribution in [0.3, 0.4) is 0 Å². The molecule has 0 aliphatic carbocycles. The number of benzene rings is 1. The van der Waals surface area contributed by atoms with Gasteiger partial charge in [0.25, 0.3) is 0 Å². The summed E-state index contributed by atoms with van der Waals surface area (Å²) in [6.07, 6.45) is 4.32. The van der Waals surface area contributed by atoms with Crippen LogP contribution >= 0.6 is 0 Å². The van der Waals surface area contributed by atoms with E-state index in [1.807, 2.05) is 6.92 Å². The second kappa shape index (κ2) is 5.01. The van der Waals surface area contributed by atoms with Crippen molar-refractivity contribution in [3.63, 3.8) is 0 Å². The van der Waals surface area contributed by atoms with Crippen LogP contribution in [0.4, 0.5) is 4.39 Å². The van der Waals surface area contributed by atoms with Crippen LogP contribution in [0.2, 0.25) is 0 Å². The molecule has 0 amide bonds. The summed E-state index contributed by atoms with van der Waals surface area (Å²) in [5.41, 5.74) is 2.26. The molecule has 1 N–H and O–H groups in total. The lowest BCUT2D eigenvalue weighted by Crippen LogP contribution is -2.05. The second-order valence-corrected chi connectivity index (χ2v) is 3.92. The molecule has 0 spiro atoms. The molecule has 1 unspecified atom stereocenters. The van der Waals surface area contributed by atoms with E-state index in [-0.39, 0.29) is 5.82 Å². The van der Waals surface area contributed by atoms with Crippen LogP contribution in [0.1, 0.15) is 22.9 Å². The van der Waals surface area contributed by atoms with Gasteiger partial charge in [-0.2, -0.15) is 0 Å². The second-order valence-electron chi connectivity index (χ2n) is 3.92. The molecule has 17 heavy (non-hydrogen) atoms. The Balaban J connectivity index is 2.16. The van der Waals surface area contributed by atoms with Crippen molar-refractivity contribution < 1.29 is 9.50 Å². The van der Waals surface area contributed by atoms with Gasteiger partial charge in [0.15, 0.2) is 0 Å². The van der Waals surface area contributed by atoms with E-state index < -0.39 is 6.10 Å². The van der Waals surface area contributed by atoms with Crippen molar-refractivity contribution in [3.8, 4) is 0 Å². The summed E-state index contributed by atoms with van der Waals surface area (Å²) in [5, 5.41) is 9.97. The van der Waals surface area contributed by atoms with E-state index in [1.54, 1.807) is 12.3 Å². The highest BCUT2D eigenvalue weighted by Gasteiger charge is 2.11. The third-order valence-electron chi connectivity index (χ3n) is 2.64. The summed E-state index contributed by atoms with van der Waals surface area (Å²) in [4.78, 5) is 7.94. The minimum absolute atomic E-state index is 0.264.